The van der Waals surface area contributed by atoms with E-state index < -0.39 is 0 Å². The molecule has 0 aliphatic carbocycles. The van der Waals surface area contributed by atoms with E-state index in [2.05, 4.69) is 13.8 Å². The molecule has 0 unspecified atom stereocenters. The Morgan fingerprint density at radius 3 is 1.15 bits per heavy atom. The number of benzene rings is 1. The highest BCUT2D eigenvalue weighted by Gasteiger charge is 2.45. The van der Waals surface area contributed by atoms with Gasteiger partial charge in [0.2, 0.25) is 0 Å². The van der Waals surface area contributed by atoms with E-state index in [-0.39, 0.29) is 11.1 Å². The van der Waals surface area contributed by atoms with Crippen molar-refractivity contribution in [3.63, 3.8) is 0 Å². The van der Waals surface area contributed by atoms with Crippen LogP contribution < -0.4 is 29.1 Å². The van der Waals surface area contributed by atoms with Gasteiger partial charge >= 0.3 is 0 Å². The van der Waals surface area contributed by atoms with E-state index in [1.165, 1.54) is 0 Å². The van der Waals surface area contributed by atoms with Gasteiger partial charge < -0.3 is 29.1 Å². The van der Waals surface area contributed by atoms with Crippen molar-refractivity contribution in [2.24, 2.45) is 0 Å². The second-order valence-electron chi connectivity index (χ2n) is 9.95. The number of anilines is 4. The second kappa shape index (κ2) is 13.5. The molecule has 0 saturated heterocycles. The van der Waals surface area contributed by atoms with Gasteiger partial charge in [-0.05, 0) is 12.8 Å². The first kappa shape index (κ1) is 30.0. The first-order valence-electron chi connectivity index (χ1n) is 13.9. The summed E-state index contributed by atoms with van der Waals surface area (Å²) in [6.45, 7) is 5.27. The Morgan fingerprint density at radius 1 is 0.525 bits per heavy atom. The monoisotopic (exact) mass is 542 g/mol. The quantitative estimate of drug-likeness (QED) is 0.233. The van der Waals surface area contributed by atoms with Crippen LogP contribution in [0, 0.1) is 45.3 Å². The molecule has 2 aliphatic heterocycles. The number of hydrogen-bond donors (Lipinski definition) is 0. The molecule has 1 aromatic carbocycles. The molecule has 0 amide bonds. The minimum atomic E-state index is -0.0367. The highest BCUT2D eigenvalue weighted by Crippen LogP contribution is 2.64. The maximum Gasteiger partial charge on any atom is 0.189 e. The molecule has 0 radical (unpaired) electrons. The van der Waals surface area contributed by atoms with Crippen molar-refractivity contribution in [2.45, 2.75) is 65.2 Å². The molecule has 10 heteroatoms. The van der Waals surface area contributed by atoms with Crippen LogP contribution in [0.3, 0.4) is 0 Å². The van der Waals surface area contributed by atoms with Gasteiger partial charge in [-0.1, -0.05) is 52.4 Å². The maximum absolute atomic E-state index is 9.76. The fourth-order valence-electron chi connectivity index (χ4n) is 5.38. The van der Waals surface area contributed by atoms with E-state index in [4.69, 9.17) is 9.47 Å². The zero-order chi connectivity index (χ0) is 29.4. The number of rotatable bonds is 12. The van der Waals surface area contributed by atoms with Gasteiger partial charge in [0.25, 0.3) is 0 Å². The molecular formula is C30H38N8O2. The van der Waals surface area contributed by atoms with Crippen LogP contribution in [0.5, 0.6) is 11.5 Å². The second-order valence-corrected chi connectivity index (χ2v) is 9.95. The van der Waals surface area contributed by atoms with Gasteiger partial charge in [0.05, 0.1) is 24.6 Å². The Labute approximate surface area is 238 Å². The van der Waals surface area contributed by atoms with Gasteiger partial charge in [-0.2, -0.15) is 21.0 Å². The van der Waals surface area contributed by atoms with Gasteiger partial charge in [0.1, 0.15) is 47.3 Å². The largest absolute Gasteiger partial charge is 0.488 e. The fourth-order valence-corrected chi connectivity index (χ4v) is 5.38. The first-order chi connectivity index (χ1) is 19.3. The normalized spacial score (nSPS) is 13.3. The molecule has 2 heterocycles. The predicted molar refractivity (Wildman–Crippen MR) is 156 cm³/mol. The van der Waals surface area contributed by atoms with E-state index in [9.17, 15) is 21.0 Å². The molecule has 40 heavy (non-hydrogen) atoms. The van der Waals surface area contributed by atoms with Gasteiger partial charge in [-0.3, -0.25) is 0 Å². The maximum atomic E-state index is 9.76. The summed E-state index contributed by atoms with van der Waals surface area (Å²) < 4.78 is 13.0. The molecule has 1 aromatic rings. The minimum absolute atomic E-state index is 0.0367. The lowest BCUT2D eigenvalue weighted by Gasteiger charge is -2.24. The Bertz CT molecular complexity index is 1220. The van der Waals surface area contributed by atoms with Gasteiger partial charge in [0, 0.05) is 28.2 Å². The van der Waals surface area contributed by atoms with E-state index >= 15 is 0 Å². The lowest BCUT2D eigenvalue weighted by atomic mass is 10.1. The van der Waals surface area contributed by atoms with Crippen molar-refractivity contribution in [1.82, 2.24) is 0 Å². The summed E-state index contributed by atoms with van der Waals surface area (Å²) in [7, 11) is 7.21. The molecule has 0 saturated carbocycles. The highest BCUT2D eigenvalue weighted by molar-refractivity contribution is 6.08. The number of allylic oxidation sites excluding steroid dienone is 2. The van der Waals surface area contributed by atoms with Gasteiger partial charge in [-0.25, -0.2) is 0 Å². The van der Waals surface area contributed by atoms with Crippen LogP contribution in [0.25, 0.3) is 0 Å². The van der Waals surface area contributed by atoms with Crippen LogP contribution in [0.15, 0.2) is 22.8 Å². The van der Waals surface area contributed by atoms with E-state index in [0.29, 0.717) is 59.1 Å². The SMILES string of the molecule is CCCCCCOc1c(OCCCCCC)c2c(c3c1N(C)C(=C(C#N)C#N)N3C)N(C)C(=C(C#N)C#N)N2C. The van der Waals surface area contributed by atoms with Gasteiger partial charge in [0.15, 0.2) is 22.6 Å². The van der Waals surface area contributed by atoms with E-state index in [0.717, 1.165) is 51.4 Å². The summed E-state index contributed by atoms with van der Waals surface area (Å²) in [6, 6.07) is 8.08. The molecule has 2 aliphatic rings. The zero-order valence-corrected chi connectivity index (χ0v) is 24.5. The summed E-state index contributed by atoms with van der Waals surface area (Å²) in [5, 5.41) is 39.1. The Balaban J connectivity index is 2.32. The number of unbranched alkanes of at least 4 members (excludes halogenated alkanes) is 6. The number of nitriles is 4. The topological polar surface area (TPSA) is 127 Å². The summed E-state index contributed by atoms with van der Waals surface area (Å²) in [6.07, 6.45) is 8.26. The Morgan fingerprint density at radius 2 is 0.850 bits per heavy atom. The Hall–Kier alpha value is -4.54. The van der Waals surface area contributed by atoms with Crippen LogP contribution in [-0.2, 0) is 0 Å². The minimum Gasteiger partial charge on any atom is -0.488 e. The standard InChI is InChI=1S/C30H38N8O2/c1-7-9-11-13-15-39-27-25-23(35(3)29(37(25)5)21(17-31)18-32)24-26(28(27)40-16-14-12-10-8-2)38(6)30(36(24)4)22(19-33)20-34/h7-16H2,1-6H3. The van der Waals surface area contributed by atoms with Gasteiger partial charge in [-0.15, -0.1) is 0 Å². The third kappa shape index (κ3) is 5.31. The molecule has 0 atom stereocenters. The zero-order valence-electron chi connectivity index (χ0n) is 24.5. The average Bonchev–Trinajstić information content (AvgIpc) is 3.36. The first-order valence-corrected chi connectivity index (χ1v) is 13.9. The fraction of sp³-hybridized carbons (Fsp3) is 0.533. The molecule has 0 N–H and O–H groups in total. The van der Waals surface area contributed by atoms with Crippen molar-refractivity contribution in [3.05, 3.63) is 22.8 Å². The summed E-state index contributed by atoms with van der Waals surface area (Å²) >= 11 is 0. The lowest BCUT2D eigenvalue weighted by molar-refractivity contribution is 0.260. The van der Waals surface area contributed by atoms with Crippen molar-refractivity contribution >= 4 is 22.7 Å². The van der Waals surface area contributed by atoms with Crippen LogP contribution >= 0.6 is 0 Å². The number of ether oxygens (including phenoxy) is 2. The molecule has 0 fully saturated rings. The molecule has 210 valence electrons. The van der Waals surface area contributed by atoms with Crippen molar-refractivity contribution in [1.29, 1.82) is 21.0 Å². The summed E-state index contributed by atoms with van der Waals surface area (Å²) in [4.78, 5) is 7.20. The van der Waals surface area contributed by atoms with Crippen LogP contribution in [0.1, 0.15) is 65.2 Å². The summed E-state index contributed by atoms with van der Waals surface area (Å²) in [5.74, 6) is 1.90. The number of hydrogen-bond acceptors (Lipinski definition) is 10. The molecule has 10 nitrogen and oxygen atoms in total. The molecule has 0 aromatic heterocycles. The molecule has 3 rings (SSSR count). The van der Waals surface area contributed by atoms with E-state index in [1.54, 1.807) is 47.8 Å². The lowest BCUT2D eigenvalue weighted by Crippen LogP contribution is -2.25. The van der Waals surface area contributed by atoms with Crippen LogP contribution in [0.2, 0.25) is 0 Å². The predicted octanol–water partition coefficient (Wildman–Crippen LogP) is 5.89. The molecule has 0 spiro atoms. The molecular weight excluding hydrogens is 504 g/mol. The van der Waals surface area contributed by atoms with Crippen LogP contribution in [-0.4, -0.2) is 41.4 Å². The molecule has 0 bridgehead atoms. The van der Waals surface area contributed by atoms with E-state index in [1.807, 2.05) is 24.3 Å². The average molecular weight is 543 g/mol. The summed E-state index contributed by atoms with van der Waals surface area (Å²) in [5.41, 5.74) is 2.69. The third-order valence-corrected chi connectivity index (χ3v) is 7.30. The van der Waals surface area contributed by atoms with Crippen molar-refractivity contribution in [3.8, 4) is 35.8 Å². The van der Waals surface area contributed by atoms with Crippen molar-refractivity contribution in [2.75, 3.05) is 61.0 Å². The van der Waals surface area contributed by atoms with Crippen molar-refractivity contribution < 1.29 is 9.47 Å². The Kier molecular flexibility index (Phi) is 10.1. The highest BCUT2D eigenvalue weighted by atomic mass is 16.5. The number of nitrogens with zero attached hydrogens (tertiary/aromatic N) is 8. The van der Waals surface area contributed by atoms with Crippen LogP contribution in [0.4, 0.5) is 22.7 Å². The smallest absolute Gasteiger partial charge is 0.189 e. The third-order valence-electron chi connectivity index (χ3n) is 7.30. The number of fused-ring (bicyclic) bond motifs is 3.